The van der Waals surface area contributed by atoms with Gasteiger partial charge < -0.3 is 21.1 Å². The molecular weight excluding hydrogens is 202 g/mol. The summed E-state index contributed by atoms with van der Waals surface area (Å²) < 4.78 is 5.21. The topological polar surface area (TPSA) is 59.3 Å². The minimum atomic E-state index is 0.693. The first-order valence-electron chi connectivity index (χ1n) is 5.57. The normalized spacial score (nSPS) is 10.2. The largest absolute Gasteiger partial charge is 0.495 e. The Bertz CT molecular complexity index is 339. The predicted molar refractivity (Wildman–Crippen MR) is 69.2 cm³/mol. The van der Waals surface area contributed by atoms with Crippen LogP contribution in [-0.4, -0.2) is 27.2 Å². The number of aryl methyl sites for hydroxylation is 1. The van der Waals surface area contributed by atoms with E-state index in [1.54, 1.807) is 7.11 Å². The van der Waals surface area contributed by atoms with Gasteiger partial charge in [-0.3, -0.25) is 0 Å². The SMILES string of the molecule is CCc1cc(N)c(OC)cc1NCCNC. The first-order valence-corrected chi connectivity index (χ1v) is 5.57. The second kappa shape index (κ2) is 6.23. The van der Waals surface area contributed by atoms with E-state index < -0.39 is 0 Å². The van der Waals surface area contributed by atoms with Crippen LogP contribution in [0.2, 0.25) is 0 Å². The molecule has 0 saturated carbocycles. The highest BCUT2D eigenvalue weighted by Crippen LogP contribution is 2.29. The van der Waals surface area contributed by atoms with Gasteiger partial charge >= 0.3 is 0 Å². The number of nitrogen functional groups attached to an aromatic ring is 1. The Morgan fingerprint density at radius 3 is 2.62 bits per heavy atom. The molecule has 0 aliphatic heterocycles. The van der Waals surface area contributed by atoms with Crippen molar-refractivity contribution in [3.8, 4) is 5.75 Å². The van der Waals surface area contributed by atoms with E-state index in [0.29, 0.717) is 5.69 Å². The van der Waals surface area contributed by atoms with Gasteiger partial charge in [0.05, 0.1) is 12.8 Å². The Balaban J connectivity index is 2.86. The molecule has 0 radical (unpaired) electrons. The zero-order valence-corrected chi connectivity index (χ0v) is 10.3. The minimum absolute atomic E-state index is 0.693. The van der Waals surface area contributed by atoms with E-state index in [0.717, 1.165) is 30.9 Å². The average molecular weight is 223 g/mol. The fourth-order valence-electron chi connectivity index (χ4n) is 1.60. The van der Waals surface area contributed by atoms with Gasteiger partial charge in [-0.1, -0.05) is 6.92 Å². The van der Waals surface area contributed by atoms with Crippen LogP contribution in [0.1, 0.15) is 12.5 Å². The number of hydrogen-bond acceptors (Lipinski definition) is 4. The molecular formula is C12H21N3O. The van der Waals surface area contributed by atoms with E-state index in [1.165, 1.54) is 5.56 Å². The van der Waals surface area contributed by atoms with Gasteiger partial charge in [0.2, 0.25) is 0 Å². The lowest BCUT2D eigenvalue weighted by Gasteiger charge is -2.14. The van der Waals surface area contributed by atoms with Crippen LogP contribution < -0.4 is 21.1 Å². The van der Waals surface area contributed by atoms with Crippen LogP contribution in [0, 0.1) is 0 Å². The molecule has 4 heteroatoms. The van der Waals surface area contributed by atoms with Gasteiger partial charge in [-0.05, 0) is 25.1 Å². The third-order valence-electron chi connectivity index (χ3n) is 2.53. The zero-order valence-electron chi connectivity index (χ0n) is 10.3. The van der Waals surface area contributed by atoms with Crippen molar-refractivity contribution in [2.45, 2.75) is 13.3 Å². The third kappa shape index (κ3) is 3.03. The van der Waals surface area contributed by atoms with Crippen molar-refractivity contribution in [3.63, 3.8) is 0 Å². The molecule has 0 bridgehead atoms. The number of ether oxygens (including phenoxy) is 1. The molecule has 0 atom stereocenters. The summed E-state index contributed by atoms with van der Waals surface area (Å²) in [4.78, 5) is 0. The van der Waals surface area contributed by atoms with Crippen molar-refractivity contribution in [1.29, 1.82) is 0 Å². The van der Waals surface area contributed by atoms with Gasteiger partial charge in [-0.2, -0.15) is 0 Å². The molecule has 1 aromatic carbocycles. The fourth-order valence-corrected chi connectivity index (χ4v) is 1.60. The van der Waals surface area contributed by atoms with Crippen LogP contribution in [0.3, 0.4) is 0 Å². The van der Waals surface area contributed by atoms with Gasteiger partial charge in [-0.25, -0.2) is 0 Å². The Labute approximate surface area is 97.2 Å². The van der Waals surface area contributed by atoms with Crippen LogP contribution in [-0.2, 0) is 6.42 Å². The summed E-state index contributed by atoms with van der Waals surface area (Å²) in [6.45, 7) is 3.93. The molecule has 0 spiro atoms. The summed E-state index contributed by atoms with van der Waals surface area (Å²) in [5, 5.41) is 6.47. The first-order chi connectivity index (χ1) is 7.72. The lowest BCUT2D eigenvalue weighted by Crippen LogP contribution is -2.18. The molecule has 0 heterocycles. The number of hydrogen-bond donors (Lipinski definition) is 3. The molecule has 1 rings (SSSR count). The van der Waals surface area contributed by atoms with Crippen molar-refractivity contribution >= 4 is 11.4 Å². The first kappa shape index (κ1) is 12.6. The minimum Gasteiger partial charge on any atom is -0.495 e. The van der Waals surface area contributed by atoms with Crippen LogP contribution in [0.15, 0.2) is 12.1 Å². The third-order valence-corrected chi connectivity index (χ3v) is 2.53. The Morgan fingerprint density at radius 1 is 1.31 bits per heavy atom. The molecule has 0 saturated heterocycles. The van der Waals surface area contributed by atoms with Crippen molar-refractivity contribution < 1.29 is 4.74 Å². The lowest BCUT2D eigenvalue weighted by molar-refractivity contribution is 0.417. The number of likely N-dealkylation sites (N-methyl/N-ethyl adjacent to an activating group) is 1. The molecule has 1 aromatic rings. The second-order valence-electron chi connectivity index (χ2n) is 3.64. The fraction of sp³-hybridized carbons (Fsp3) is 0.500. The van der Waals surface area contributed by atoms with E-state index in [9.17, 15) is 0 Å². The molecule has 0 fully saturated rings. The van der Waals surface area contributed by atoms with E-state index >= 15 is 0 Å². The molecule has 0 aromatic heterocycles. The van der Waals surface area contributed by atoms with Crippen molar-refractivity contribution in [3.05, 3.63) is 17.7 Å². The smallest absolute Gasteiger partial charge is 0.143 e. The summed E-state index contributed by atoms with van der Waals surface area (Å²) in [6, 6.07) is 3.93. The second-order valence-corrected chi connectivity index (χ2v) is 3.64. The summed E-state index contributed by atoms with van der Waals surface area (Å²) in [5.41, 5.74) is 8.88. The molecule has 16 heavy (non-hydrogen) atoms. The van der Waals surface area contributed by atoms with E-state index in [2.05, 4.69) is 17.6 Å². The number of rotatable bonds is 6. The Hall–Kier alpha value is -1.42. The Morgan fingerprint density at radius 2 is 2.06 bits per heavy atom. The standard InChI is InChI=1S/C12H21N3O/c1-4-9-7-10(13)12(16-3)8-11(9)15-6-5-14-2/h7-8,14-15H,4-6,13H2,1-3H3. The van der Waals surface area contributed by atoms with Gasteiger partial charge in [0.1, 0.15) is 5.75 Å². The lowest BCUT2D eigenvalue weighted by atomic mass is 10.1. The van der Waals surface area contributed by atoms with E-state index in [-0.39, 0.29) is 0 Å². The van der Waals surface area contributed by atoms with Gasteiger partial charge in [0.25, 0.3) is 0 Å². The maximum absolute atomic E-state index is 5.87. The maximum Gasteiger partial charge on any atom is 0.143 e. The van der Waals surface area contributed by atoms with Crippen LogP contribution in [0.5, 0.6) is 5.75 Å². The maximum atomic E-state index is 5.87. The number of methoxy groups -OCH3 is 1. The zero-order chi connectivity index (χ0) is 12.0. The number of anilines is 2. The van der Waals surface area contributed by atoms with E-state index in [1.807, 2.05) is 19.2 Å². The number of nitrogens with two attached hydrogens (primary N) is 1. The summed E-state index contributed by atoms with van der Waals surface area (Å²) in [7, 11) is 3.57. The molecule has 0 amide bonds. The monoisotopic (exact) mass is 223 g/mol. The highest BCUT2D eigenvalue weighted by atomic mass is 16.5. The van der Waals surface area contributed by atoms with Crippen molar-refractivity contribution in [1.82, 2.24) is 5.32 Å². The van der Waals surface area contributed by atoms with Crippen LogP contribution >= 0.6 is 0 Å². The Kier molecular flexibility index (Phi) is 4.92. The van der Waals surface area contributed by atoms with Gasteiger partial charge in [-0.15, -0.1) is 0 Å². The molecule has 4 nitrogen and oxygen atoms in total. The average Bonchev–Trinajstić information content (AvgIpc) is 2.30. The van der Waals surface area contributed by atoms with Crippen molar-refractivity contribution in [2.75, 3.05) is 38.3 Å². The molecule has 0 aliphatic carbocycles. The summed E-state index contributed by atoms with van der Waals surface area (Å²) >= 11 is 0. The van der Waals surface area contributed by atoms with Crippen LogP contribution in [0.4, 0.5) is 11.4 Å². The summed E-state index contributed by atoms with van der Waals surface area (Å²) in [5.74, 6) is 0.726. The molecule has 0 aliphatic rings. The molecule has 4 N–H and O–H groups in total. The number of nitrogens with one attached hydrogen (secondary N) is 2. The van der Waals surface area contributed by atoms with Crippen molar-refractivity contribution in [2.24, 2.45) is 0 Å². The predicted octanol–water partition coefficient (Wildman–Crippen LogP) is 1.47. The summed E-state index contributed by atoms with van der Waals surface area (Å²) in [6.07, 6.45) is 0.954. The van der Waals surface area contributed by atoms with Gasteiger partial charge in [0, 0.05) is 24.8 Å². The quantitative estimate of drug-likeness (QED) is 0.505. The number of benzene rings is 1. The molecule has 90 valence electrons. The highest BCUT2D eigenvalue weighted by molar-refractivity contribution is 5.66. The van der Waals surface area contributed by atoms with Gasteiger partial charge in [0.15, 0.2) is 0 Å². The van der Waals surface area contributed by atoms with Crippen LogP contribution in [0.25, 0.3) is 0 Å². The highest BCUT2D eigenvalue weighted by Gasteiger charge is 2.06. The molecule has 0 unspecified atom stereocenters. The van der Waals surface area contributed by atoms with E-state index in [4.69, 9.17) is 10.5 Å².